The molecular formula is C28H26F3N3O. The molecule has 0 spiro atoms. The van der Waals surface area contributed by atoms with Gasteiger partial charge in [-0.15, -0.1) is 0 Å². The first-order chi connectivity index (χ1) is 16.7. The van der Waals surface area contributed by atoms with Crippen LogP contribution < -0.4 is 5.32 Å². The zero-order valence-electron chi connectivity index (χ0n) is 19.5. The third kappa shape index (κ3) is 4.43. The van der Waals surface area contributed by atoms with Crippen molar-refractivity contribution < 1.29 is 18.0 Å². The number of alkyl halides is 3. The van der Waals surface area contributed by atoms with E-state index in [-0.39, 0.29) is 5.92 Å². The van der Waals surface area contributed by atoms with Gasteiger partial charge in [0.2, 0.25) is 0 Å². The third-order valence-electron chi connectivity index (χ3n) is 6.85. The Morgan fingerprint density at radius 3 is 2.34 bits per heavy atom. The lowest BCUT2D eigenvalue weighted by Gasteiger charge is -2.29. The molecule has 1 aliphatic carbocycles. The van der Waals surface area contributed by atoms with Crippen LogP contribution in [0, 0.1) is 5.92 Å². The average Bonchev–Trinajstić information content (AvgIpc) is 3.24. The summed E-state index contributed by atoms with van der Waals surface area (Å²) in [5, 5.41) is 9.06. The van der Waals surface area contributed by atoms with Crippen LogP contribution in [0.1, 0.15) is 60.0 Å². The predicted molar refractivity (Wildman–Crippen MR) is 130 cm³/mol. The summed E-state index contributed by atoms with van der Waals surface area (Å²) in [6, 6.07) is 19.8. The zero-order valence-corrected chi connectivity index (χ0v) is 19.5. The van der Waals surface area contributed by atoms with E-state index < -0.39 is 23.8 Å². The van der Waals surface area contributed by atoms with E-state index in [4.69, 9.17) is 5.10 Å². The molecule has 0 saturated heterocycles. The lowest BCUT2D eigenvalue weighted by atomic mass is 9.77. The summed E-state index contributed by atoms with van der Waals surface area (Å²) in [5.41, 5.74) is 4.69. The Morgan fingerprint density at radius 1 is 1.00 bits per heavy atom. The van der Waals surface area contributed by atoms with Crippen LogP contribution in [0.25, 0.3) is 0 Å². The first-order valence-corrected chi connectivity index (χ1v) is 11.8. The van der Waals surface area contributed by atoms with Crippen molar-refractivity contribution in [3.05, 3.63) is 101 Å². The van der Waals surface area contributed by atoms with Crippen molar-refractivity contribution in [1.82, 2.24) is 5.01 Å². The van der Waals surface area contributed by atoms with E-state index >= 15 is 0 Å². The Bertz CT molecular complexity index is 1260. The van der Waals surface area contributed by atoms with Gasteiger partial charge in [0, 0.05) is 17.2 Å². The molecule has 1 N–H and O–H groups in total. The quantitative estimate of drug-likeness (QED) is 0.420. The molecule has 2 atom stereocenters. The summed E-state index contributed by atoms with van der Waals surface area (Å²) in [6.45, 7) is 4.20. The van der Waals surface area contributed by atoms with Gasteiger partial charge in [-0.25, -0.2) is 9.80 Å². The molecular weight excluding hydrogens is 451 g/mol. The first-order valence-electron chi connectivity index (χ1n) is 11.8. The number of anilines is 1. The van der Waals surface area contributed by atoms with Crippen molar-refractivity contribution in [3.63, 3.8) is 0 Å². The third-order valence-corrected chi connectivity index (χ3v) is 6.85. The van der Waals surface area contributed by atoms with Crippen molar-refractivity contribution in [2.45, 2.75) is 44.8 Å². The molecule has 0 saturated carbocycles. The number of amides is 2. The van der Waals surface area contributed by atoms with E-state index in [9.17, 15) is 18.0 Å². The molecule has 0 radical (unpaired) electrons. The highest BCUT2D eigenvalue weighted by Gasteiger charge is 2.44. The molecule has 0 aromatic heterocycles. The van der Waals surface area contributed by atoms with Crippen LogP contribution in [0.15, 0.2) is 77.9 Å². The number of fused-ring (bicyclic) bond motifs is 3. The smallest absolute Gasteiger partial charge is 0.306 e. The SMILES string of the molecule is CC(C)c1ccc(NC(=O)N2N=C3c4ccccc4CC[C@@H]3[C@H]2c2ccc(C(F)(F)F)cc2)cc1. The second-order valence-corrected chi connectivity index (χ2v) is 9.40. The van der Waals surface area contributed by atoms with E-state index in [2.05, 4.69) is 25.2 Å². The highest BCUT2D eigenvalue weighted by molar-refractivity contribution is 6.07. The molecule has 0 bridgehead atoms. The van der Waals surface area contributed by atoms with Crippen LogP contribution in [0.5, 0.6) is 0 Å². The molecule has 4 nitrogen and oxygen atoms in total. The number of urea groups is 1. The average molecular weight is 478 g/mol. The predicted octanol–water partition coefficient (Wildman–Crippen LogP) is 7.38. The number of carbonyl (C=O) groups excluding carboxylic acids is 1. The summed E-state index contributed by atoms with van der Waals surface area (Å²) in [7, 11) is 0. The van der Waals surface area contributed by atoms with Gasteiger partial charge in [0.15, 0.2) is 0 Å². The van der Waals surface area contributed by atoms with Gasteiger partial charge in [-0.2, -0.15) is 18.3 Å². The van der Waals surface area contributed by atoms with Crippen LogP contribution in [0.4, 0.5) is 23.7 Å². The second-order valence-electron chi connectivity index (χ2n) is 9.40. The molecule has 3 aromatic carbocycles. The summed E-state index contributed by atoms with van der Waals surface area (Å²) < 4.78 is 39.5. The largest absolute Gasteiger partial charge is 0.416 e. The van der Waals surface area contributed by atoms with Crippen molar-refractivity contribution in [2.24, 2.45) is 11.0 Å². The Kier molecular flexibility index (Phi) is 5.87. The van der Waals surface area contributed by atoms with Crippen LogP contribution in [-0.4, -0.2) is 16.8 Å². The van der Waals surface area contributed by atoms with E-state index in [1.807, 2.05) is 42.5 Å². The number of carbonyl (C=O) groups is 1. The Morgan fingerprint density at radius 2 is 1.69 bits per heavy atom. The molecule has 5 rings (SSSR count). The van der Waals surface area contributed by atoms with Gasteiger partial charge in [0.1, 0.15) is 0 Å². The Balaban J connectivity index is 1.49. The maximum Gasteiger partial charge on any atom is 0.416 e. The molecule has 1 aliphatic heterocycles. The summed E-state index contributed by atoms with van der Waals surface area (Å²) >= 11 is 0. The molecule has 3 aromatic rings. The standard InChI is InChI=1S/C28H26F3N3O/c1-17(2)18-9-14-22(15-10-18)32-27(35)34-26(20-7-12-21(13-8-20)28(29,30)31)24-16-11-19-5-3-4-6-23(19)25(24)33-34/h3-10,12-15,17,24,26H,11,16H2,1-2H3,(H,32,35)/t24-,26+/m0/s1. The Labute approximate surface area is 202 Å². The number of hydrogen-bond donors (Lipinski definition) is 1. The molecule has 35 heavy (non-hydrogen) atoms. The van der Waals surface area contributed by atoms with E-state index in [0.29, 0.717) is 17.2 Å². The van der Waals surface area contributed by atoms with E-state index in [0.717, 1.165) is 41.8 Å². The number of hydrogen-bond acceptors (Lipinski definition) is 2. The van der Waals surface area contributed by atoms with Gasteiger partial charge < -0.3 is 5.32 Å². The fourth-order valence-corrected chi connectivity index (χ4v) is 4.97. The monoisotopic (exact) mass is 477 g/mol. The van der Waals surface area contributed by atoms with Gasteiger partial charge >= 0.3 is 12.2 Å². The van der Waals surface area contributed by atoms with Gasteiger partial charge in [-0.05, 0) is 59.7 Å². The Hall–Kier alpha value is -3.61. The van der Waals surface area contributed by atoms with Crippen molar-refractivity contribution >= 4 is 17.4 Å². The lowest BCUT2D eigenvalue weighted by Crippen LogP contribution is -2.35. The van der Waals surface area contributed by atoms with Gasteiger partial charge in [-0.1, -0.05) is 62.4 Å². The molecule has 2 amide bonds. The minimum absolute atomic E-state index is 0.101. The van der Waals surface area contributed by atoms with Crippen LogP contribution in [-0.2, 0) is 12.6 Å². The molecule has 1 heterocycles. The van der Waals surface area contributed by atoms with Gasteiger partial charge in [0.25, 0.3) is 0 Å². The van der Waals surface area contributed by atoms with Gasteiger partial charge in [-0.3, -0.25) is 0 Å². The number of benzene rings is 3. The number of nitrogens with one attached hydrogen (secondary N) is 1. The molecule has 7 heteroatoms. The molecule has 0 fully saturated rings. The summed E-state index contributed by atoms with van der Waals surface area (Å²) in [4.78, 5) is 13.4. The van der Waals surface area contributed by atoms with Crippen molar-refractivity contribution in [3.8, 4) is 0 Å². The minimum atomic E-state index is -4.42. The van der Waals surface area contributed by atoms with Crippen LogP contribution >= 0.6 is 0 Å². The second kappa shape index (κ2) is 8.87. The highest BCUT2D eigenvalue weighted by Crippen LogP contribution is 2.44. The van der Waals surface area contributed by atoms with Crippen LogP contribution in [0.3, 0.4) is 0 Å². The number of aryl methyl sites for hydroxylation is 1. The molecule has 180 valence electrons. The van der Waals surface area contributed by atoms with Gasteiger partial charge in [0.05, 0.1) is 17.3 Å². The van der Waals surface area contributed by atoms with Crippen LogP contribution in [0.2, 0.25) is 0 Å². The lowest BCUT2D eigenvalue weighted by molar-refractivity contribution is -0.137. The molecule has 0 unspecified atom stereocenters. The number of hydrazone groups is 1. The number of halogens is 3. The fourth-order valence-electron chi connectivity index (χ4n) is 4.97. The number of rotatable bonds is 3. The maximum absolute atomic E-state index is 13.4. The maximum atomic E-state index is 13.4. The highest BCUT2D eigenvalue weighted by atomic mass is 19.4. The van der Waals surface area contributed by atoms with E-state index in [1.54, 1.807) is 0 Å². The summed E-state index contributed by atoms with van der Waals surface area (Å²) in [6.07, 6.45) is -2.84. The molecule has 2 aliphatic rings. The number of nitrogens with zero attached hydrogens (tertiary/aromatic N) is 2. The van der Waals surface area contributed by atoms with E-state index in [1.165, 1.54) is 22.7 Å². The summed E-state index contributed by atoms with van der Waals surface area (Å²) in [5.74, 6) is 0.271. The zero-order chi connectivity index (χ0) is 24.7. The fraction of sp³-hybridized carbons (Fsp3) is 0.286. The minimum Gasteiger partial charge on any atom is -0.306 e. The topological polar surface area (TPSA) is 44.7 Å². The van der Waals surface area contributed by atoms with Crippen molar-refractivity contribution in [1.29, 1.82) is 0 Å². The first kappa shape index (κ1) is 23.1. The normalized spacial score (nSPS) is 19.3. The van der Waals surface area contributed by atoms with Crippen molar-refractivity contribution in [2.75, 3.05) is 5.32 Å².